The van der Waals surface area contributed by atoms with Gasteiger partial charge in [-0.15, -0.1) is 0 Å². The fraction of sp³-hybridized carbons (Fsp3) is 0.259. The molecule has 6 rings (SSSR count). The molecule has 0 bridgehead atoms. The monoisotopic (exact) mass is 456 g/mol. The van der Waals surface area contributed by atoms with E-state index in [1.54, 1.807) is 0 Å². The zero-order chi connectivity index (χ0) is 22.4. The fourth-order valence-corrected chi connectivity index (χ4v) is 4.55. The van der Waals surface area contributed by atoms with Crippen molar-refractivity contribution in [2.75, 3.05) is 40.0 Å². The Kier molecular flexibility index (Phi) is 5.71. The molecule has 1 amide bonds. The van der Waals surface area contributed by atoms with Crippen molar-refractivity contribution in [1.29, 1.82) is 0 Å². The molecule has 2 aromatic carbocycles. The maximum atomic E-state index is 13.1. The van der Waals surface area contributed by atoms with E-state index in [1.165, 1.54) is 0 Å². The van der Waals surface area contributed by atoms with E-state index in [0.717, 1.165) is 71.0 Å². The van der Waals surface area contributed by atoms with E-state index in [2.05, 4.69) is 28.0 Å². The SMILES string of the molecule is C.CN1CCN(C(=O)c2cccc(-c3cnc4[nH]cc(-c5cccc6c5OCO6)c4c3)c2)CC1. The number of aromatic nitrogens is 2. The summed E-state index contributed by atoms with van der Waals surface area (Å²) in [5.41, 5.74) is 5.41. The number of hydrogen-bond acceptors (Lipinski definition) is 5. The van der Waals surface area contributed by atoms with Crippen molar-refractivity contribution in [1.82, 2.24) is 19.8 Å². The van der Waals surface area contributed by atoms with E-state index in [0.29, 0.717) is 5.56 Å². The van der Waals surface area contributed by atoms with Crippen LogP contribution >= 0.6 is 0 Å². The molecule has 2 aliphatic heterocycles. The number of pyridine rings is 1. The van der Waals surface area contributed by atoms with Gasteiger partial charge in [0.25, 0.3) is 5.91 Å². The van der Waals surface area contributed by atoms with Gasteiger partial charge in [-0.25, -0.2) is 4.98 Å². The lowest BCUT2D eigenvalue weighted by Gasteiger charge is -2.32. The minimum Gasteiger partial charge on any atom is -0.454 e. The summed E-state index contributed by atoms with van der Waals surface area (Å²) in [6.07, 6.45) is 3.79. The standard InChI is InChI=1S/C26H24N4O3.CH4/c1-29-8-10-30(11-9-29)26(31)18-5-2-4-17(12-18)19-13-21-22(15-28-25(21)27-14-19)20-6-3-7-23-24(20)33-16-32-23;/h2-7,12-15H,8-11,16H2,1H3,(H,27,28);1H4. The van der Waals surface area contributed by atoms with E-state index in [1.807, 2.05) is 59.8 Å². The zero-order valence-electron chi connectivity index (χ0n) is 18.4. The molecule has 34 heavy (non-hydrogen) atoms. The third-order valence-corrected chi connectivity index (χ3v) is 6.45. The van der Waals surface area contributed by atoms with Gasteiger partial charge in [0.15, 0.2) is 11.5 Å². The van der Waals surface area contributed by atoms with Crippen LogP contribution in [0.4, 0.5) is 0 Å². The van der Waals surface area contributed by atoms with Crippen molar-refractivity contribution in [3.8, 4) is 33.8 Å². The first-order chi connectivity index (χ1) is 16.2. The number of benzene rings is 2. The number of carbonyl (C=O) groups is 1. The average Bonchev–Trinajstić information content (AvgIpc) is 3.51. The number of piperazine rings is 1. The summed E-state index contributed by atoms with van der Waals surface area (Å²) in [5, 5.41) is 0.993. The van der Waals surface area contributed by atoms with Gasteiger partial charge in [-0.2, -0.15) is 0 Å². The number of nitrogens with one attached hydrogen (secondary N) is 1. The predicted octanol–water partition coefficient (Wildman–Crippen LogP) is 4.65. The van der Waals surface area contributed by atoms with Crippen molar-refractivity contribution in [2.24, 2.45) is 0 Å². The lowest BCUT2D eigenvalue weighted by atomic mass is 10.00. The van der Waals surface area contributed by atoms with Crippen LogP contribution in [0.15, 0.2) is 60.9 Å². The molecular formula is C27H28N4O3. The predicted molar refractivity (Wildman–Crippen MR) is 133 cm³/mol. The van der Waals surface area contributed by atoms with Crippen molar-refractivity contribution < 1.29 is 14.3 Å². The molecule has 0 saturated carbocycles. The number of likely N-dealkylation sites (N-methyl/N-ethyl adjacent to an activating group) is 1. The topological polar surface area (TPSA) is 70.7 Å². The molecule has 0 aliphatic carbocycles. The average molecular weight is 457 g/mol. The number of rotatable bonds is 3. The lowest BCUT2D eigenvalue weighted by molar-refractivity contribution is 0.0664. The molecule has 7 heteroatoms. The van der Waals surface area contributed by atoms with Gasteiger partial charge in [0.1, 0.15) is 5.65 Å². The third-order valence-electron chi connectivity index (χ3n) is 6.45. The first-order valence-corrected chi connectivity index (χ1v) is 11.1. The summed E-state index contributed by atoms with van der Waals surface area (Å²) >= 11 is 0. The molecule has 174 valence electrons. The molecule has 0 unspecified atom stereocenters. The van der Waals surface area contributed by atoms with Crippen LogP contribution < -0.4 is 9.47 Å². The molecule has 2 aliphatic rings. The van der Waals surface area contributed by atoms with Gasteiger partial charge in [0.05, 0.1) is 0 Å². The van der Waals surface area contributed by atoms with Crippen LogP contribution in [-0.4, -0.2) is 65.7 Å². The highest BCUT2D eigenvalue weighted by atomic mass is 16.7. The Hall–Kier alpha value is -3.84. The number of nitrogens with zero attached hydrogens (tertiary/aromatic N) is 3. The number of amides is 1. The molecule has 4 heterocycles. The van der Waals surface area contributed by atoms with Gasteiger partial charge in [-0.3, -0.25) is 4.79 Å². The van der Waals surface area contributed by atoms with Gasteiger partial charge in [-0.1, -0.05) is 31.7 Å². The second-order valence-corrected chi connectivity index (χ2v) is 8.54. The quantitative estimate of drug-likeness (QED) is 0.486. The minimum absolute atomic E-state index is 0. The first-order valence-electron chi connectivity index (χ1n) is 11.1. The number of para-hydroxylation sites is 1. The van der Waals surface area contributed by atoms with Gasteiger partial charge in [0, 0.05) is 66.2 Å². The van der Waals surface area contributed by atoms with Crippen LogP contribution in [0.2, 0.25) is 0 Å². The highest BCUT2D eigenvalue weighted by molar-refractivity contribution is 5.99. The summed E-state index contributed by atoms with van der Waals surface area (Å²) in [4.78, 5) is 25.1. The van der Waals surface area contributed by atoms with Crippen molar-refractivity contribution in [2.45, 2.75) is 7.43 Å². The molecule has 1 saturated heterocycles. The van der Waals surface area contributed by atoms with E-state index in [4.69, 9.17) is 9.47 Å². The molecule has 0 spiro atoms. The van der Waals surface area contributed by atoms with Gasteiger partial charge in [-0.05, 0) is 36.9 Å². The summed E-state index contributed by atoms with van der Waals surface area (Å²) in [7, 11) is 2.09. The normalized spacial score (nSPS) is 15.4. The molecule has 2 aromatic heterocycles. The highest BCUT2D eigenvalue weighted by Crippen LogP contribution is 2.43. The van der Waals surface area contributed by atoms with Crippen LogP contribution in [0.1, 0.15) is 17.8 Å². The Labute approximate surface area is 198 Å². The van der Waals surface area contributed by atoms with E-state index < -0.39 is 0 Å². The Morgan fingerprint density at radius 3 is 2.65 bits per heavy atom. The number of hydrogen-bond donors (Lipinski definition) is 1. The molecule has 4 aromatic rings. The number of aromatic amines is 1. The summed E-state index contributed by atoms with van der Waals surface area (Å²) in [6.45, 7) is 3.55. The molecule has 0 atom stereocenters. The molecule has 1 fully saturated rings. The summed E-state index contributed by atoms with van der Waals surface area (Å²) in [6, 6.07) is 15.8. The van der Waals surface area contributed by atoms with Crippen molar-refractivity contribution >= 4 is 16.9 Å². The molecule has 1 N–H and O–H groups in total. The number of ether oxygens (including phenoxy) is 2. The van der Waals surface area contributed by atoms with E-state index >= 15 is 0 Å². The third kappa shape index (κ3) is 3.78. The largest absolute Gasteiger partial charge is 0.454 e. The van der Waals surface area contributed by atoms with E-state index in [9.17, 15) is 4.79 Å². The number of fused-ring (bicyclic) bond motifs is 2. The Morgan fingerprint density at radius 2 is 1.79 bits per heavy atom. The Bertz CT molecular complexity index is 1360. The van der Waals surface area contributed by atoms with Crippen LogP contribution in [0.5, 0.6) is 11.5 Å². The van der Waals surface area contributed by atoms with Gasteiger partial charge < -0.3 is 24.3 Å². The second-order valence-electron chi connectivity index (χ2n) is 8.54. The first kappa shape index (κ1) is 22.0. The van der Waals surface area contributed by atoms with Gasteiger partial charge >= 0.3 is 0 Å². The fourth-order valence-electron chi connectivity index (χ4n) is 4.55. The molecule has 7 nitrogen and oxygen atoms in total. The highest BCUT2D eigenvalue weighted by Gasteiger charge is 2.22. The smallest absolute Gasteiger partial charge is 0.253 e. The lowest BCUT2D eigenvalue weighted by Crippen LogP contribution is -2.47. The maximum absolute atomic E-state index is 13.1. The maximum Gasteiger partial charge on any atom is 0.253 e. The summed E-state index contributed by atoms with van der Waals surface area (Å²) < 4.78 is 11.3. The van der Waals surface area contributed by atoms with Crippen LogP contribution in [0, 0.1) is 0 Å². The Balaban J connectivity index is 0.00000241. The molecule has 0 radical (unpaired) electrons. The minimum atomic E-state index is 0. The van der Waals surface area contributed by atoms with Crippen molar-refractivity contribution in [3.63, 3.8) is 0 Å². The van der Waals surface area contributed by atoms with E-state index in [-0.39, 0.29) is 20.1 Å². The van der Waals surface area contributed by atoms with Crippen molar-refractivity contribution in [3.05, 3.63) is 66.5 Å². The number of H-pyrrole nitrogens is 1. The number of carbonyl (C=O) groups excluding carboxylic acids is 1. The summed E-state index contributed by atoms with van der Waals surface area (Å²) in [5.74, 6) is 1.59. The van der Waals surface area contributed by atoms with Crippen LogP contribution in [0.25, 0.3) is 33.3 Å². The zero-order valence-corrected chi connectivity index (χ0v) is 18.4. The Morgan fingerprint density at radius 1 is 0.971 bits per heavy atom. The van der Waals surface area contributed by atoms with Crippen LogP contribution in [-0.2, 0) is 0 Å². The molecular weight excluding hydrogens is 428 g/mol. The second kappa shape index (κ2) is 8.83. The van der Waals surface area contributed by atoms with Gasteiger partial charge in [0.2, 0.25) is 6.79 Å². The van der Waals surface area contributed by atoms with Crippen LogP contribution in [0.3, 0.4) is 0 Å².